The average molecular weight is 414 g/mol. The third-order valence-corrected chi connectivity index (χ3v) is 5.12. The number of hydrogen-bond acceptors (Lipinski definition) is 3. The molecule has 1 rings (SSSR count). The second-order valence-corrected chi connectivity index (χ2v) is 7.55. The van der Waals surface area contributed by atoms with E-state index in [1.807, 2.05) is 13.0 Å². The summed E-state index contributed by atoms with van der Waals surface area (Å²) in [5.41, 5.74) is 6.02. The van der Waals surface area contributed by atoms with Crippen LogP contribution >= 0.6 is 0 Å². The summed E-state index contributed by atoms with van der Waals surface area (Å²) in [6, 6.07) is 4.40. The van der Waals surface area contributed by atoms with Crippen molar-refractivity contribution in [3.8, 4) is 0 Å². The second kappa shape index (κ2) is 12.2. The molecule has 0 aromatic heterocycles. The Kier molecular flexibility index (Phi) is 10.6. The van der Waals surface area contributed by atoms with Crippen LogP contribution in [0.25, 0.3) is 0 Å². The maximum atomic E-state index is 13.5. The number of allylic oxidation sites excluding steroid dienone is 4. The van der Waals surface area contributed by atoms with Crippen LogP contribution in [-0.2, 0) is 19.0 Å². The summed E-state index contributed by atoms with van der Waals surface area (Å²) in [6.45, 7) is 3.19. The molecule has 164 valence electrons. The van der Waals surface area contributed by atoms with Crippen molar-refractivity contribution in [1.29, 1.82) is 0 Å². The minimum atomic E-state index is -4.42. The summed E-state index contributed by atoms with van der Waals surface area (Å²) < 4.78 is 40.6. The zero-order chi connectivity index (χ0) is 21.9. The summed E-state index contributed by atoms with van der Waals surface area (Å²) in [5.74, 6) is 0. The van der Waals surface area contributed by atoms with Gasteiger partial charge in [-0.1, -0.05) is 42.9 Å². The Bertz CT molecular complexity index is 677. The van der Waals surface area contributed by atoms with Crippen LogP contribution in [0.15, 0.2) is 42.0 Å². The van der Waals surface area contributed by atoms with Gasteiger partial charge in [-0.2, -0.15) is 13.2 Å². The van der Waals surface area contributed by atoms with Gasteiger partial charge in [0, 0.05) is 0 Å². The lowest BCUT2D eigenvalue weighted by molar-refractivity contribution is -0.138. The number of hydrogen-bond donors (Lipinski definition) is 3. The first-order valence-electron chi connectivity index (χ1n) is 10.2. The Morgan fingerprint density at radius 2 is 1.79 bits per heavy atom. The molecule has 6 heteroatoms. The number of alkyl halides is 3. The summed E-state index contributed by atoms with van der Waals surface area (Å²) in [6.07, 6.45) is 5.94. The van der Waals surface area contributed by atoms with Crippen LogP contribution in [0.1, 0.15) is 62.6 Å². The molecule has 0 unspecified atom stereocenters. The highest BCUT2D eigenvalue weighted by Gasteiger charge is 2.33. The third-order valence-electron chi connectivity index (χ3n) is 5.12. The van der Waals surface area contributed by atoms with Crippen molar-refractivity contribution in [3.05, 3.63) is 58.7 Å². The smallest absolute Gasteiger partial charge is 0.394 e. The van der Waals surface area contributed by atoms with Gasteiger partial charge in [-0.05, 0) is 69.1 Å². The van der Waals surface area contributed by atoms with Crippen LogP contribution in [-0.4, -0.2) is 29.0 Å². The fourth-order valence-corrected chi connectivity index (χ4v) is 3.10. The average Bonchev–Trinajstić information content (AvgIpc) is 2.71. The molecule has 0 spiro atoms. The van der Waals surface area contributed by atoms with E-state index in [1.54, 1.807) is 12.1 Å². The lowest BCUT2D eigenvalue weighted by atomic mass is 9.91. The molecule has 1 aromatic rings. The van der Waals surface area contributed by atoms with Gasteiger partial charge in [-0.15, -0.1) is 0 Å². The quantitative estimate of drug-likeness (QED) is 0.336. The van der Waals surface area contributed by atoms with E-state index in [9.17, 15) is 23.4 Å². The summed E-state index contributed by atoms with van der Waals surface area (Å²) in [4.78, 5) is 0. The maximum Gasteiger partial charge on any atom is 0.416 e. The SMILES string of the molecule is C/C=C(\C=C/CC)CCCCc1ccc(CCC(N)(CO)CO)cc1C(F)(F)F. The van der Waals surface area contributed by atoms with Gasteiger partial charge in [-0.25, -0.2) is 0 Å². The van der Waals surface area contributed by atoms with Gasteiger partial charge in [0.1, 0.15) is 0 Å². The summed E-state index contributed by atoms with van der Waals surface area (Å²) in [5, 5.41) is 18.5. The summed E-state index contributed by atoms with van der Waals surface area (Å²) in [7, 11) is 0. The Morgan fingerprint density at radius 3 is 2.34 bits per heavy atom. The Hall–Kier alpha value is -1.63. The molecule has 0 saturated heterocycles. The topological polar surface area (TPSA) is 66.5 Å². The number of unbranched alkanes of at least 4 members (excludes halogenated alkanes) is 1. The molecular formula is C23H34F3NO2. The number of aliphatic hydroxyl groups is 2. The molecule has 0 bridgehead atoms. The Labute approximate surface area is 172 Å². The van der Waals surface area contributed by atoms with E-state index >= 15 is 0 Å². The lowest BCUT2D eigenvalue weighted by Gasteiger charge is -2.24. The van der Waals surface area contributed by atoms with E-state index in [-0.39, 0.29) is 12.8 Å². The number of aryl methyl sites for hydroxylation is 2. The number of halogens is 3. The fraction of sp³-hybridized carbons (Fsp3) is 0.565. The molecule has 29 heavy (non-hydrogen) atoms. The molecule has 0 fully saturated rings. The molecule has 1 aromatic carbocycles. The zero-order valence-corrected chi connectivity index (χ0v) is 17.4. The molecular weight excluding hydrogens is 379 g/mol. The summed E-state index contributed by atoms with van der Waals surface area (Å²) >= 11 is 0. The van der Waals surface area contributed by atoms with Crippen LogP contribution in [0.2, 0.25) is 0 Å². The van der Waals surface area contributed by atoms with Gasteiger partial charge in [0.05, 0.1) is 24.3 Å². The van der Waals surface area contributed by atoms with Crippen molar-refractivity contribution < 1.29 is 23.4 Å². The zero-order valence-electron chi connectivity index (χ0n) is 17.4. The number of aliphatic hydroxyl groups excluding tert-OH is 2. The number of nitrogens with two attached hydrogens (primary N) is 1. The van der Waals surface area contributed by atoms with E-state index in [1.165, 1.54) is 11.6 Å². The van der Waals surface area contributed by atoms with Gasteiger partial charge in [0.15, 0.2) is 0 Å². The van der Waals surface area contributed by atoms with E-state index in [0.717, 1.165) is 19.3 Å². The van der Waals surface area contributed by atoms with E-state index in [0.29, 0.717) is 24.0 Å². The highest BCUT2D eigenvalue weighted by molar-refractivity contribution is 5.34. The van der Waals surface area contributed by atoms with E-state index in [2.05, 4.69) is 19.1 Å². The van der Waals surface area contributed by atoms with Crippen molar-refractivity contribution in [2.75, 3.05) is 13.2 Å². The molecule has 0 aliphatic carbocycles. The molecule has 0 aliphatic heterocycles. The molecule has 0 heterocycles. The molecule has 0 radical (unpaired) electrons. The molecule has 0 atom stereocenters. The molecule has 0 saturated carbocycles. The first-order valence-corrected chi connectivity index (χ1v) is 10.2. The van der Waals surface area contributed by atoms with Crippen molar-refractivity contribution in [2.45, 2.75) is 70.5 Å². The van der Waals surface area contributed by atoms with E-state index in [4.69, 9.17) is 5.73 Å². The molecule has 3 nitrogen and oxygen atoms in total. The second-order valence-electron chi connectivity index (χ2n) is 7.55. The lowest BCUT2D eigenvalue weighted by Crippen LogP contribution is -2.47. The standard InChI is InChI=1S/C23H34F3NO2/c1-3-5-8-18(4-2)9-6-7-10-20-12-11-19(15-21(20)23(24,25)26)13-14-22(27,16-28)17-29/h4-5,8,11-12,15,28-29H,3,6-7,9-10,13-14,16-17,27H2,1-2H3/b8-5-,18-4+. The van der Waals surface area contributed by atoms with Gasteiger partial charge >= 0.3 is 6.18 Å². The number of rotatable bonds is 12. The Morgan fingerprint density at radius 1 is 1.10 bits per heavy atom. The van der Waals surface area contributed by atoms with Crippen LogP contribution in [0.4, 0.5) is 13.2 Å². The predicted molar refractivity (Wildman–Crippen MR) is 112 cm³/mol. The monoisotopic (exact) mass is 413 g/mol. The normalized spacial score (nSPS) is 13.4. The van der Waals surface area contributed by atoms with E-state index < -0.39 is 30.5 Å². The number of benzene rings is 1. The molecule has 4 N–H and O–H groups in total. The highest BCUT2D eigenvalue weighted by atomic mass is 19.4. The largest absolute Gasteiger partial charge is 0.416 e. The van der Waals surface area contributed by atoms with Gasteiger partial charge in [-0.3, -0.25) is 0 Å². The maximum absolute atomic E-state index is 13.5. The minimum absolute atomic E-state index is 0.202. The first-order chi connectivity index (χ1) is 13.7. The van der Waals surface area contributed by atoms with Gasteiger partial charge in [0.2, 0.25) is 0 Å². The molecule has 0 amide bonds. The van der Waals surface area contributed by atoms with Gasteiger partial charge in [0.25, 0.3) is 0 Å². The highest BCUT2D eigenvalue weighted by Crippen LogP contribution is 2.34. The van der Waals surface area contributed by atoms with Crippen molar-refractivity contribution in [1.82, 2.24) is 0 Å². The van der Waals surface area contributed by atoms with Crippen molar-refractivity contribution >= 4 is 0 Å². The van der Waals surface area contributed by atoms with Crippen molar-refractivity contribution in [2.24, 2.45) is 5.73 Å². The Balaban J connectivity index is 2.79. The van der Waals surface area contributed by atoms with Crippen LogP contribution in [0, 0.1) is 0 Å². The first kappa shape index (κ1) is 25.4. The van der Waals surface area contributed by atoms with Crippen LogP contribution in [0.5, 0.6) is 0 Å². The third kappa shape index (κ3) is 8.72. The van der Waals surface area contributed by atoms with Crippen LogP contribution < -0.4 is 5.73 Å². The van der Waals surface area contributed by atoms with Gasteiger partial charge < -0.3 is 15.9 Å². The molecule has 0 aliphatic rings. The van der Waals surface area contributed by atoms with Crippen LogP contribution in [0.3, 0.4) is 0 Å². The van der Waals surface area contributed by atoms with Crippen molar-refractivity contribution in [3.63, 3.8) is 0 Å². The minimum Gasteiger partial charge on any atom is -0.394 e. The predicted octanol–water partition coefficient (Wildman–Crippen LogP) is 4.95. The fourth-order valence-electron chi connectivity index (χ4n) is 3.10.